The minimum Gasteiger partial charge on any atom is -0.457 e. The SMILES string of the molecule is CC(C)(C)c1cc(C2CC(C(C)(C)C)CC(C(C)(C)C)C2)cc([N@+]23[CH-][N+]2(c2cccc(Oc4ccc5c6ccccc6n(-c6cc(C(C)(C)C)ccn6)c5c4)c2)c2ccccc23)c1. The van der Waals surface area contributed by atoms with Crippen LogP contribution in [-0.4, -0.2) is 9.55 Å². The van der Waals surface area contributed by atoms with E-state index in [4.69, 9.17) is 9.72 Å². The smallest absolute Gasteiger partial charge is 0.225 e. The number of pyridine rings is 1. The van der Waals surface area contributed by atoms with Gasteiger partial charge in [0.1, 0.15) is 17.3 Å². The first-order chi connectivity index (χ1) is 29.7. The summed E-state index contributed by atoms with van der Waals surface area (Å²) in [4.78, 5) is 4.91. The van der Waals surface area contributed by atoms with Gasteiger partial charge in [-0.1, -0.05) is 126 Å². The molecule has 4 atom stereocenters. The lowest BCUT2D eigenvalue weighted by molar-refractivity contribution is 0.0702. The van der Waals surface area contributed by atoms with E-state index in [9.17, 15) is 0 Å². The maximum atomic E-state index is 6.87. The lowest BCUT2D eigenvalue weighted by atomic mass is 9.59. The predicted molar refractivity (Wildman–Crippen MR) is 265 cm³/mol. The second kappa shape index (κ2) is 14.1. The Balaban J connectivity index is 1.04. The van der Waals surface area contributed by atoms with Crippen LogP contribution in [0.5, 0.6) is 11.5 Å². The van der Waals surface area contributed by atoms with Gasteiger partial charge in [-0.05, 0) is 112 Å². The Morgan fingerprint density at radius 2 is 1.16 bits per heavy atom. The number of fused-ring (bicyclic) bond motifs is 7. The number of hydrogen-bond donors (Lipinski definition) is 0. The van der Waals surface area contributed by atoms with Crippen molar-refractivity contribution in [2.75, 3.05) is 0 Å². The maximum absolute atomic E-state index is 6.87. The van der Waals surface area contributed by atoms with Gasteiger partial charge in [0.05, 0.1) is 11.0 Å². The molecule has 0 N–H and O–H groups in total. The van der Waals surface area contributed by atoms with Gasteiger partial charge in [0, 0.05) is 59.4 Å². The van der Waals surface area contributed by atoms with Gasteiger partial charge in [-0.3, -0.25) is 4.57 Å². The van der Waals surface area contributed by atoms with Gasteiger partial charge >= 0.3 is 0 Å². The number of benzene rings is 5. The van der Waals surface area contributed by atoms with Crippen molar-refractivity contribution in [1.29, 1.82) is 0 Å². The van der Waals surface area contributed by atoms with Crippen LogP contribution in [0, 0.1) is 29.3 Å². The van der Waals surface area contributed by atoms with E-state index >= 15 is 0 Å². The summed E-state index contributed by atoms with van der Waals surface area (Å²) in [7, 11) is 0. The van der Waals surface area contributed by atoms with E-state index in [1.54, 1.807) is 0 Å². The second-order valence-corrected chi connectivity index (χ2v) is 23.4. The molecular weight excluding hydrogens is 769 g/mol. The fraction of sp³-hybridized carbons (Fsp3) is 0.379. The normalized spacial score (nSPS) is 23.6. The van der Waals surface area contributed by atoms with Gasteiger partial charge in [0.15, 0.2) is 18.0 Å². The van der Waals surface area contributed by atoms with E-state index in [-0.39, 0.29) is 21.7 Å². The van der Waals surface area contributed by atoms with Gasteiger partial charge in [-0.2, -0.15) is 9.18 Å². The molecule has 5 aromatic carbocycles. The quantitative estimate of drug-likeness (QED) is 0.0948. The number of ether oxygens (including phenoxy) is 1. The van der Waals surface area contributed by atoms with Crippen LogP contribution < -0.4 is 13.9 Å². The summed E-state index contributed by atoms with van der Waals surface area (Å²) in [6, 6.07) is 45.0. The Morgan fingerprint density at radius 3 is 1.83 bits per heavy atom. The maximum Gasteiger partial charge on any atom is 0.225 e. The van der Waals surface area contributed by atoms with Crippen molar-refractivity contribution >= 4 is 44.6 Å². The monoisotopic (exact) mass is 836 g/mol. The van der Waals surface area contributed by atoms with E-state index in [0.717, 1.165) is 28.4 Å². The standard InChI is InChI=1S/C58H67N4O/c1-55(2,3)40-26-27-59-54(34-40)60-50-21-14-13-20-48(50)49-25-24-47(36-51(49)60)63-46-19-17-18-44(35-46)61-37-62(61,53-23-16-15-22-52(53)61)45-31-39(30-43(33-45)58(10,11)12)38-28-41(56(4,5)6)32-42(29-38)57(7,8)9/h13-27,30-31,33-38,41-42H,28-29,32H2,1-12H3/q+1/t38?,41?,42?,61?,62-/m0/s1. The first kappa shape index (κ1) is 41.8. The van der Waals surface area contributed by atoms with Crippen molar-refractivity contribution < 1.29 is 4.74 Å². The molecule has 5 nitrogen and oxygen atoms in total. The first-order valence-electron chi connectivity index (χ1n) is 23.4. The molecule has 3 unspecified atom stereocenters. The third-order valence-electron chi connectivity index (χ3n) is 15.2. The Labute approximate surface area is 376 Å². The van der Waals surface area contributed by atoms with Crippen molar-refractivity contribution in [1.82, 2.24) is 18.7 Å². The highest BCUT2D eigenvalue weighted by molar-refractivity contribution is 6.09. The summed E-state index contributed by atoms with van der Waals surface area (Å²) in [5.74, 6) is 4.43. The highest BCUT2D eigenvalue weighted by Crippen LogP contribution is 2.75. The Bertz CT molecular complexity index is 2890. The van der Waals surface area contributed by atoms with Crippen molar-refractivity contribution in [2.45, 2.75) is 119 Å². The highest BCUT2D eigenvalue weighted by Gasteiger charge is 2.78. The van der Waals surface area contributed by atoms with Crippen LogP contribution in [0.15, 0.2) is 128 Å². The molecule has 10 rings (SSSR count). The zero-order valence-corrected chi connectivity index (χ0v) is 39.8. The predicted octanol–water partition coefficient (Wildman–Crippen LogP) is 16.5. The number of aromatic nitrogens is 2. The number of quaternary nitrogens is 2. The topological polar surface area (TPSA) is 27.1 Å². The van der Waals surface area contributed by atoms with Crippen molar-refractivity contribution in [3.05, 3.63) is 151 Å². The van der Waals surface area contributed by atoms with Crippen LogP contribution in [0.2, 0.25) is 0 Å². The number of nitrogens with zero attached hydrogens (tertiary/aromatic N) is 4. The van der Waals surface area contributed by atoms with Gasteiger partial charge in [0.2, 0.25) is 11.4 Å². The van der Waals surface area contributed by atoms with Crippen molar-refractivity contribution in [3.63, 3.8) is 0 Å². The largest absolute Gasteiger partial charge is 0.457 e. The summed E-state index contributed by atoms with van der Waals surface area (Å²) in [5, 5.41) is 2.38. The molecule has 2 aliphatic heterocycles. The van der Waals surface area contributed by atoms with E-state index in [2.05, 4.69) is 216 Å². The average molecular weight is 836 g/mol. The molecule has 0 radical (unpaired) electrons. The Kier molecular flexibility index (Phi) is 9.37. The minimum atomic E-state index is 0.00250. The molecule has 1 aliphatic carbocycles. The molecule has 0 spiro atoms. The van der Waals surface area contributed by atoms with E-state index < -0.39 is 0 Å². The van der Waals surface area contributed by atoms with Gasteiger partial charge in [-0.15, -0.1) is 0 Å². The Hall–Kier alpha value is -5.23. The molecule has 1 saturated carbocycles. The molecule has 63 heavy (non-hydrogen) atoms. The van der Waals surface area contributed by atoms with E-state index in [0.29, 0.717) is 26.9 Å². The fourth-order valence-electron chi connectivity index (χ4n) is 11.1. The molecule has 0 amide bonds. The highest BCUT2D eigenvalue weighted by atomic mass is 16.5. The zero-order valence-electron chi connectivity index (χ0n) is 39.8. The molecule has 1 saturated heterocycles. The molecule has 3 aliphatic rings. The van der Waals surface area contributed by atoms with Crippen LogP contribution in [0.4, 0.5) is 22.7 Å². The van der Waals surface area contributed by atoms with Crippen LogP contribution in [0.25, 0.3) is 27.6 Å². The van der Waals surface area contributed by atoms with Crippen molar-refractivity contribution in [2.24, 2.45) is 22.7 Å². The summed E-state index contributed by atoms with van der Waals surface area (Å²) in [6.45, 7) is 31.2. The van der Waals surface area contributed by atoms with Crippen LogP contribution in [0.3, 0.4) is 0 Å². The number of para-hydroxylation sites is 3. The first-order valence-corrected chi connectivity index (χ1v) is 23.4. The Morgan fingerprint density at radius 1 is 0.540 bits per heavy atom. The van der Waals surface area contributed by atoms with Gasteiger partial charge in [-0.25, -0.2) is 4.98 Å². The summed E-state index contributed by atoms with van der Waals surface area (Å²) >= 11 is 0. The molecule has 5 heteroatoms. The number of rotatable bonds is 6. The lowest BCUT2D eigenvalue weighted by Crippen LogP contribution is -2.46. The van der Waals surface area contributed by atoms with Gasteiger partial charge in [0.25, 0.3) is 0 Å². The van der Waals surface area contributed by atoms with Crippen LogP contribution in [0.1, 0.15) is 125 Å². The number of hydrogen-bond acceptors (Lipinski definition) is 2. The zero-order chi connectivity index (χ0) is 44.5. The molecule has 7 aromatic rings. The molecule has 324 valence electrons. The van der Waals surface area contributed by atoms with Crippen molar-refractivity contribution in [3.8, 4) is 17.3 Å². The summed E-state index contributed by atoms with van der Waals surface area (Å²) in [5.41, 5.74) is 12.2. The third kappa shape index (κ3) is 6.76. The lowest BCUT2D eigenvalue weighted by Gasteiger charge is -2.46. The average Bonchev–Trinajstić information content (AvgIpc) is 3.73. The molecule has 4 heterocycles. The minimum absolute atomic E-state index is 0.00250. The third-order valence-corrected chi connectivity index (χ3v) is 15.2. The van der Waals surface area contributed by atoms with Gasteiger partial charge < -0.3 is 4.74 Å². The molecule has 2 aromatic heterocycles. The molecular formula is C58H67N4O+. The summed E-state index contributed by atoms with van der Waals surface area (Å²) in [6.07, 6.45) is 5.74. The van der Waals surface area contributed by atoms with Crippen LogP contribution >= 0.6 is 0 Å². The molecule has 0 bridgehead atoms. The van der Waals surface area contributed by atoms with E-state index in [1.807, 2.05) is 6.20 Å². The molecule has 2 fully saturated rings. The summed E-state index contributed by atoms with van der Waals surface area (Å²) < 4.78 is 10.5. The fourth-order valence-corrected chi connectivity index (χ4v) is 11.1. The van der Waals surface area contributed by atoms with E-state index in [1.165, 1.54) is 69.5 Å². The van der Waals surface area contributed by atoms with Crippen LogP contribution in [-0.2, 0) is 10.8 Å². The second-order valence-electron chi connectivity index (χ2n) is 23.4.